The number of aliphatic hydroxyl groups excluding tert-OH is 1. The Kier molecular flexibility index (Phi) is 13.1. The van der Waals surface area contributed by atoms with Crippen molar-refractivity contribution >= 4 is 40.5 Å². The lowest BCUT2D eigenvalue weighted by Gasteiger charge is -2.47. The van der Waals surface area contributed by atoms with Gasteiger partial charge in [-0.25, -0.2) is 8.78 Å². The summed E-state index contributed by atoms with van der Waals surface area (Å²) in [7, 11) is -3.09. The summed E-state index contributed by atoms with van der Waals surface area (Å²) in [5, 5.41) is 19.8. The van der Waals surface area contributed by atoms with Gasteiger partial charge in [0.05, 0.1) is 29.1 Å². The fourth-order valence-corrected chi connectivity index (χ4v) is 6.86. The lowest BCUT2D eigenvalue weighted by molar-refractivity contribution is -0.137. The zero-order valence-corrected chi connectivity index (χ0v) is 26.6. The fourth-order valence-electron chi connectivity index (χ4n) is 5.18. The summed E-state index contributed by atoms with van der Waals surface area (Å²) >= 11 is 0. The van der Waals surface area contributed by atoms with E-state index in [2.05, 4.69) is 16.0 Å². The first-order valence-electron chi connectivity index (χ1n) is 14.5. The van der Waals surface area contributed by atoms with Gasteiger partial charge < -0.3 is 21.1 Å². The van der Waals surface area contributed by atoms with Gasteiger partial charge in [-0.1, -0.05) is 18.2 Å². The van der Waals surface area contributed by atoms with Crippen LogP contribution in [-0.2, 0) is 19.1 Å². The molecule has 0 radical (unpaired) electrons. The third-order valence-electron chi connectivity index (χ3n) is 7.33. The van der Waals surface area contributed by atoms with Crippen molar-refractivity contribution in [2.24, 2.45) is 0 Å². The van der Waals surface area contributed by atoms with Gasteiger partial charge in [-0.05, 0) is 73.7 Å². The molecule has 254 valence electrons. The van der Waals surface area contributed by atoms with Crippen molar-refractivity contribution in [3.8, 4) is 0 Å². The van der Waals surface area contributed by atoms with Crippen LogP contribution in [0.2, 0.25) is 0 Å². The van der Waals surface area contributed by atoms with Crippen LogP contribution in [0.15, 0.2) is 60.7 Å². The largest absolute Gasteiger partial charge is 0.416 e. The molecule has 0 aliphatic carbocycles. The van der Waals surface area contributed by atoms with Crippen LogP contribution in [0.25, 0.3) is 0 Å². The number of hydrogen-bond acceptors (Lipinski definition) is 7. The van der Waals surface area contributed by atoms with E-state index < -0.39 is 52.2 Å². The van der Waals surface area contributed by atoms with Crippen LogP contribution < -0.4 is 20.3 Å². The Balaban J connectivity index is 0.00000576. The average molecular weight is 693 g/mol. The molecule has 3 aromatic carbocycles. The molecule has 1 heterocycles. The first-order chi connectivity index (χ1) is 21.2. The van der Waals surface area contributed by atoms with E-state index in [1.165, 1.54) is 22.5 Å². The molecule has 1 aliphatic rings. The Morgan fingerprint density at radius 2 is 1.72 bits per heavy atom. The standard InChI is InChI=1S/C31H37F5N4O4S.ClH/c1-2-38-26-14-22(15-27(17-26)40-8-3-4-9-45(40,43)44)30(42)39-28(13-21-11-24(32)16-25(33)12-21)29(41)19-37-18-20-6-5-7-23(10-20)31(34,35)36;/h5-7,10-12,14-17,28-29,37-38,41,43-44H,2-4,8-9,13,18-19H2,1H3,(H,39,42);1H/t28-,29-;/m0./s1. The van der Waals surface area contributed by atoms with Crippen molar-refractivity contribution in [2.75, 3.05) is 35.0 Å². The number of anilines is 2. The number of nitrogens with zero attached hydrogens (tertiary/aromatic N) is 1. The molecule has 15 heteroatoms. The number of benzene rings is 3. The smallest absolute Gasteiger partial charge is 0.390 e. The number of hydrogen-bond donors (Lipinski definition) is 6. The molecule has 1 aliphatic heterocycles. The number of carbonyl (C=O) groups is 1. The van der Waals surface area contributed by atoms with Crippen LogP contribution in [0.4, 0.5) is 33.3 Å². The van der Waals surface area contributed by atoms with Gasteiger partial charge >= 0.3 is 6.18 Å². The van der Waals surface area contributed by atoms with Crippen molar-refractivity contribution in [3.63, 3.8) is 0 Å². The Hall–Kier alpha value is -3.14. The number of alkyl halides is 3. The molecule has 8 nitrogen and oxygen atoms in total. The molecule has 3 aromatic rings. The summed E-state index contributed by atoms with van der Waals surface area (Å²) in [6.07, 6.45) is -4.62. The van der Waals surface area contributed by atoms with E-state index in [1.54, 1.807) is 12.1 Å². The van der Waals surface area contributed by atoms with E-state index in [-0.39, 0.29) is 48.8 Å². The van der Waals surface area contributed by atoms with E-state index in [0.29, 0.717) is 42.5 Å². The van der Waals surface area contributed by atoms with Crippen LogP contribution in [-0.4, -0.2) is 57.7 Å². The monoisotopic (exact) mass is 692 g/mol. The van der Waals surface area contributed by atoms with Crippen molar-refractivity contribution in [2.45, 2.75) is 51.1 Å². The molecule has 0 bridgehead atoms. The maximum Gasteiger partial charge on any atom is 0.416 e. The third kappa shape index (κ3) is 10.2. The lowest BCUT2D eigenvalue weighted by Crippen LogP contribution is -2.48. The van der Waals surface area contributed by atoms with Crippen molar-refractivity contribution in [1.29, 1.82) is 0 Å². The van der Waals surface area contributed by atoms with Crippen LogP contribution in [0.5, 0.6) is 0 Å². The fraction of sp³-hybridized carbons (Fsp3) is 0.387. The minimum Gasteiger partial charge on any atom is -0.390 e. The molecule has 0 unspecified atom stereocenters. The van der Waals surface area contributed by atoms with Crippen molar-refractivity contribution in [1.82, 2.24) is 10.6 Å². The molecule has 0 spiro atoms. The van der Waals surface area contributed by atoms with Gasteiger partial charge in [-0.2, -0.15) is 13.2 Å². The van der Waals surface area contributed by atoms with Gasteiger partial charge in [0.15, 0.2) is 0 Å². The van der Waals surface area contributed by atoms with Crippen LogP contribution in [0.3, 0.4) is 0 Å². The Bertz CT molecular complexity index is 1460. The molecular formula is C31H38ClF5N4O4S. The predicted molar refractivity (Wildman–Crippen MR) is 173 cm³/mol. The second kappa shape index (κ2) is 16.1. The number of nitrogens with one attached hydrogen (secondary N) is 3. The van der Waals surface area contributed by atoms with Gasteiger partial charge in [0.1, 0.15) is 11.6 Å². The van der Waals surface area contributed by atoms with Gasteiger partial charge in [0.25, 0.3) is 5.91 Å². The minimum atomic E-state index is -4.51. The number of carbonyl (C=O) groups excluding carboxylic acids is 1. The Labute approximate surface area is 272 Å². The molecule has 2 atom stereocenters. The highest BCUT2D eigenvalue weighted by atomic mass is 35.5. The summed E-state index contributed by atoms with van der Waals surface area (Å²) in [6.45, 7) is 2.56. The predicted octanol–water partition coefficient (Wildman–Crippen LogP) is 6.59. The van der Waals surface area contributed by atoms with Crippen LogP contribution in [0, 0.1) is 11.6 Å². The molecule has 0 saturated carbocycles. The van der Waals surface area contributed by atoms with Gasteiger partial charge in [-0.15, -0.1) is 23.2 Å². The van der Waals surface area contributed by atoms with E-state index >= 15 is 0 Å². The number of aliphatic hydroxyl groups is 1. The maximum atomic E-state index is 14.0. The summed E-state index contributed by atoms with van der Waals surface area (Å²) in [6, 6.07) is 11.3. The molecule has 0 aromatic heterocycles. The molecule has 1 amide bonds. The topological polar surface area (TPSA) is 117 Å². The maximum absolute atomic E-state index is 14.0. The van der Waals surface area contributed by atoms with Crippen LogP contribution in [0.1, 0.15) is 46.8 Å². The molecule has 6 N–H and O–H groups in total. The van der Waals surface area contributed by atoms with Gasteiger partial charge in [0, 0.05) is 43.5 Å². The highest BCUT2D eigenvalue weighted by Gasteiger charge is 2.31. The first-order valence-corrected chi connectivity index (χ1v) is 16.2. The second-order valence-electron chi connectivity index (χ2n) is 10.9. The van der Waals surface area contributed by atoms with E-state index in [9.17, 15) is 41.0 Å². The first kappa shape index (κ1) is 37.3. The summed E-state index contributed by atoms with van der Waals surface area (Å²) in [5.74, 6) is -2.11. The molecule has 1 fully saturated rings. The third-order valence-corrected chi connectivity index (χ3v) is 9.26. The van der Waals surface area contributed by atoms with E-state index in [1.807, 2.05) is 6.92 Å². The number of amides is 1. The summed E-state index contributed by atoms with van der Waals surface area (Å²) in [5.41, 5.74) is 0.785. The summed E-state index contributed by atoms with van der Waals surface area (Å²) in [4.78, 5) is 13.6. The number of rotatable bonds is 12. The zero-order valence-electron chi connectivity index (χ0n) is 25.0. The molecule has 46 heavy (non-hydrogen) atoms. The SMILES string of the molecule is CCNc1cc(C(=O)N[C@@H](Cc2cc(F)cc(F)c2)[C@@H](O)CNCc2cccc(C(F)(F)F)c2)cc(N2CCCCS2(O)O)c1.Cl. The van der Waals surface area contributed by atoms with E-state index in [0.717, 1.165) is 30.7 Å². The Morgan fingerprint density at radius 3 is 2.37 bits per heavy atom. The van der Waals surface area contributed by atoms with E-state index in [4.69, 9.17) is 0 Å². The molecule has 4 rings (SSSR count). The zero-order chi connectivity index (χ0) is 32.8. The van der Waals surface area contributed by atoms with Gasteiger partial charge in [0.2, 0.25) is 0 Å². The average Bonchev–Trinajstić information content (AvgIpc) is 2.95. The molecular weight excluding hydrogens is 655 g/mol. The summed E-state index contributed by atoms with van der Waals surface area (Å²) < 4.78 is 90.1. The lowest BCUT2D eigenvalue weighted by atomic mass is 9.99. The van der Waals surface area contributed by atoms with Crippen molar-refractivity contribution < 1.29 is 41.0 Å². The number of halogens is 6. The Morgan fingerprint density at radius 1 is 1.00 bits per heavy atom. The quantitative estimate of drug-likeness (QED) is 0.119. The highest BCUT2D eigenvalue weighted by molar-refractivity contribution is 8.25. The normalized spacial score (nSPS) is 16.6. The van der Waals surface area contributed by atoms with Gasteiger partial charge in [-0.3, -0.25) is 18.2 Å². The van der Waals surface area contributed by atoms with Crippen molar-refractivity contribution in [3.05, 3.63) is 94.6 Å². The minimum absolute atomic E-state index is 0. The highest BCUT2D eigenvalue weighted by Crippen LogP contribution is 2.50. The second-order valence-corrected chi connectivity index (χ2v) is 13.0. The van der Waals surface area contributed by atoms with Crippen LogP contribution >= 0.6 is 23.2 Å². The molecule has 1 saturated heterocycles.